The average molecular weight is 342 g/mol. The van der Waals surface area contributed by atoms with E-state index in [-0.39, 0.29) is 17.4 Å². The van der Waals surface area contributed by atoms with Gasteiger partial charge in [0, 0.05) is 17.5 Å². The minimum absolute atomic E-state index is 0.0433. The van der Waals surface area contributed by atoms with Crippen molar-refractivity contribution in [3.63, 3.8) is 0 Å². The lowest BCUT2D eigenvalue weighted by Crippen LogP contribution is -2.27. The molecule has 1 atom stereocenters. The molecule has 0 spiro atoms. The summed E-state index contributed by atoms with van der Waals surface area (Å²) in [4.78, 5) is 11.7. The number of hydrogen-bond donors (Lipinski definition) is 3. The summed E-state index contributed by atoms with van der Waals surface area (Å²) in [6.45, 7) is 1.42. The number of phenolic OH excluding ortho intramolecular Hbond substituents is 2. The van der Waals surface area contributed by atoms with Crippen molar-refractivity contribution < 1.29 is 15.0 Å². The van der Waals surface area contributed by atoms with E-state index in [1.54, 1.807) is 54.6 Å². The van der Waals surface area contributed by atoms with Gasteiger partial charge in [0.15, 0.2) is 0 Å². The molecule has 0 saturated heterocycles. The summed E-state index contributed by atoms with van der Waals surface area (Å²) >= 11 is 5.95. The van der Waals surface area contributed by atoms with Crippen LogP contribution in [-0.4, -0.2) is 16.1 Å². The molecule has 1 amide bonds. The molecule has 3 aromatic carbocycles. The highest BCUT2D eigenvalue weighted by Crippen LogP contribution is 2.37. The van der Waals surface area contributed by atoms with E-state index < -0.39 is 6.04 Å². The minimum atomic E-state index is -0.565. The van der Waals surface area contributed by atoms with Gasteiger partial charge < -0.3 is 15.5 Å². The van der Waals surface area contributed by atoms with Gasteiger partial charge in [-0.15, -0.1) is 0 Å². The molecule has 0 bridgehead atoms. The van der Waals surface area contributed by atoms with Gasteiger partial charge in [0.2, 0.25) is 5.91 Å². The molecule has 0 heterocycles. The Hall–Kier alpha value is -2.72. The Labute approximate surface area is 144 Å². The number of aromatic hydroxyl groups is 2. The molecule has 3 N–H and O–H groups in total. The first kappa shape index (κ1) is 16.1. The summed E-state index contributed by atoms with van der Waals surface area (Å²) in [6, 6.07) is 14.8. The van der Waals surface area contributed by atoms with Crippen LogP contribution < -0.4 is 5.32 Å². The van der Waals surface area contributed by atoms with Crippen molar-refractivity contribution in [3.8, 4) is 11.5 Å². The van der Waals surface area contributed by atoms with E-state index in [2.05, 4.69) is 5.32 Å². The number of rotatable bonds is 3. The van der Waals surface area contributed by atoms with Gasteiger partial charge in [-0.1, -0.05) is 35.9 Å². The van der Waals surface area contributed by atoms with Gasteiger partial charge in [-0.05, 0) is 46.7 Å². The van der Waals surface area contributed by atoms with Crippen LogP contribution in [0.15, 0.2) is 54.6 Å². The number of amides is 1. The Morgan fingerprint density at radius 1 is 1.04 bits per heavy atom. The van der Waals surface area contributed by atoms with E-state index in [4.69, 9.17) is 11.6 Å². The van der Waals surface area contributed by atoms with Crippen LogP contribution in [-0.2, 0) is 4.79 Å². The van der Waals surface area contributed by atoms with Crippen LogP contribution in [0.3, 0.4) is 0 Å². The van der Waals surface area contributed by atoms with Gasteiger partial charge in [0.1, 0.15) is 11.5 Å². The van der Waals surface area contributed by atoms with Gasteiger partial charge in [0.05, 0.1) is 6.04 Å². The second kappa shape index (κ2) is 6.42. The van der Waals surface area contributed by atoms with Crippen molar-refractivity contribution in [1.29, 1.82) is 0 Å². The molecule has 5 heteroatoms. The normalized spacial score (nSPS) is 12.1. The quantitative estimate of drug-likeness (QED) is 0.671. The highest BCUT2D eigenvalue weighted by Gasteiger charge is 2.21. The van der Waals surface area contributed by atoms with Crippen LogP contribution in [0.1, 0.15) is 24.1 Å². The fourth-order valence-corrected chi connectivity index (χ4v) is 2.93. The lowest BCUT2D eigenvalue weighted by molar-refractivity contribution is -0.119. The van der Waals surface area contributed by atoms with Gasteiger partial charge in [0.25, 0.3) is 0 Å². The van der Waals surface area contributed by atoms with Crippen LogP contribution in [0.4, 0.5) is 0 Å². The average Bonchev–Trinajstić information content (AvgIpc) is 2.53. The van der Waals surface area contributed by atoms with Gasteiger partial charge in [-0.3, -0.25) is 4.79 Å². The summed E-state index contributed by atoms with van der Waals surface area (Å²) in [5, 5.41) is 25.2. The fraction of sp³-hybridized carbons (Fsp3) is 0.105. The Kier molecular flexibility index (Phi) is 4.32. The molecule has 0 aromatic heterocycles. The number of carbonyl (C=O) groups is 1. The van der Waals surface area contributed by atoms with E-state index in [1.165, 1.54) is 6.92 Å². The van der Waals surface area contributed by atoms with E-state index in [0.717, 1.165) is 10.9 Å². The monoisotopic (exact) mass is 341 g/mol. The molecule has 0 aliphatic heterocycles. The first-order valence-corrected chi connectivity index (χ1v) is 7.80. The predicted molar refractivity (Wildman–Crippen MR) is 94.4 cm³/mol. The Morgan fingerprint density at radius 2 is 1.71 bits per heavy atom. The van der Waals surface area contributed by atoms with Crippen molar-refractivity contribution >= 4 is 28.3 Å². The summed E-state index contributed by atoms with van der Waals surface area (Å²) in [5.74, 6) is -0.0969. The van der Waals surface area contributed by atoms with Crippen LogP contribution in [0.25, 0.3) is 10.8 Å². The highest BCUT2D eigenvalue weighted by atomic mass is 35.5. The smallest absolute Gasteiger partial charge is 0.217 e. The molecule has 24 heavy (non-hydrogen) atoms. The second-order valence-corrected chi connectivity index (χ2v) is 6.03. The number of fused-ring (bicyclic) bond motifs is 1. The van der Waals surface area contributed by atoms with Crippen LogP contribution in [0, 0.1) is 0 Å². The van der Waals surface area contributed by atoms with Crippen LogP contribution in [0.2, 0.25) is 5.02 Å². The molecule has 3 aromatic rings. The number of phenols is 2. The summed E-state index contributed by atoms with van der Waals surface area (Å²) in [7, 11) is 0. The third kappa shape index (κ3) is 3.14. The van der Waals surface area contributed by atoms with E-state index >= 15 is 0 Å². The lowest BCUT2D eigenvalue weighted by Gasteiger charge is -2.22. The summed E-state index contributed by atoms with van der Waals surface area (Å²) in [5.41, 5.74) is 1.31. The van der Waals surface area contributed by atoms with Crippen molar-refractivity contribution in [3.05, 3.63) is 70.7 Å². The zero-order valence-corrected chi connectivity index (χ0v) is 13.7. The standard InChI is InChI=1S/C19H16ClNO3/c1-11(22)21-19(13-2-6-14(20)7-3-13)18-16-10-15(23)8-4-12(16)5-9-17(18)24/h2-10,19,23-24H,1H3,(H,21,22)/t19-/m0/s1. The van der Waals surface area contributed by atoms with Crippen molar-refractivity contribution in [1.82, 2.24) is 5.32 Å². The van der Waals surface area contributed by atoms with E-state index in [1.807, 2.05) is 0 Å². The number of carbonyl (C=O) groups excluding carboxylic acids is 1. The molecule has 0 aliphatic rings. The van der Waals surface area contributed by atoms with E-state index in [9.17, 15) is 15.0 Å². The zero-order chi connectivity index (χ0) is 17.3. The zero-order valence-electron chi connectivity index (χ0n) is 13.0. The minimum Gasteiger partial charge on any atom is -0.508 e. The molecular formula is C19H16ClNO3. The van der Waals surface area contributed by atoms with E-state index in [0.29, 0.717) is 16.0 Å². The predicted octanol–water partition coefficient (Wildman–Crippen LogP) is 4.13. The van der Waals surface area contributed by atoms with Crippen molar-refractivity contribution in [2.24, 2.45) is 0 Å². The van der Waals surface area contributed by atoms with Crippen LogP contribution >= 0.6 is 11.6 Å². The van der Waals surface area contributed by atoms with Gasteiger partial charge >= 0.3 is 0 Å². The highest BCUT2D eigenvalue weighted by molar-refractivity contribution is 6.30. The molecule has 122 valence electrons. The first-order valence-electron chi connectivity index (χ1n) is 7.43. The van der Waals surface area contributed by atoms with Crippen molar-refractivity contribution in [2.45, 2.75) is 13.0 Å². The SMILES string of the molecule is CC(=O)N[C@@H](c1ccc(Cl)cc1)c1c(O)ccc2ccc(O)cc12. The Bertz CT molecular complexity index is 901. The molecule has 0 fully saturated rings. The molecule has 3 rings (SSSR count). The number of hydrogen-bond acceptors (Lipinski definition) is 3. The fourth-order valence-electron chi connectivity index (χ4n) is 2.80. The molecular weight excluding hydrogens is 326 g/mol. The van der Waals surface area contributed by atoms with Crippen LogP contribution in [0.5, 0.6) is 11.5 Å². The third-order valence-corrected chi connectivity index (χ3v) is 4.12. The number of nitrogens with one attached hydrogen (secondary N) is 1. The summed E-state index contributed by atoms with van der Waals surface area (Å²) in [6.07, 6.45) is 0. The summed E-state index contributed by atoms with van der Waals surface area (Å²) < 4.78 is 0. The van der Waals surface area contributed by atoms with Crippen molar-refractivity contribution in [2.75, 3.05) is 0 Å². The van der Waals surface area contributed by atoms with Gasteiger partial charge in [-0.25, -0.2) is 0 Å². The Balaban J connectivity index is 2.25. The molecule has 4 nitrogen and oxygen atoms in total. The maximum atomic E-state index is 11.7. The number of benzene rings is 3. The molecule has 0 radical (unpaired) electrons. The largest absolute Gasteiger partial charge is 0.508 e. The third-order valence-electron chi connectivity index (χ3n) is 3.86. The molecule has 0 aliphatic carbocycles. The van der Waals surface area contributed by atoms with Gasteiger partial charge in [-0.2, -0.15) is 0 Å². The Morgan fingerprint density at radius 3 is 2.38 bits per heavy atom. The maximum absolute atomic E-state index is 11.7. The first-order chi connectivity index (χ1) is 11.5. The second-order valence-electron chi connectivity index (χ2n) is 5.59. The number of halogens is 1. The maximum Gasteiger partial charge on any atom is 0.217 e. The molecule has 0 unspecified atom stereocenters. The lowest BCUT2D eigenvalue weighted by atomic mass is 9.92. The molecule has 0 saturated carbocycles. The topological polar surface area (TPSA) is 69.6 Å².